The SMILES string of the molecule is C=CC(=O)Oc1ccc(C(C)(C)c2ccc(Nc3nc(Nc4ccc(-c5ccc(C#N)cc5)cc4)nc(Nc4ccc(C(C)(C)c5ccc(OC(=O)C=C)cc5)cc4)n3)cc2)cc1. The van der Waals surface area contributed by atoms with E-state index in [4.69, 9.17) is 24.4 Å². The minimum atomic E-state index is -0.505. The average Bonchev–Trinajstić information content (AvgIpc) is 3.30. The number of carbonyl (C=O) groups is 2. The molecule has 1 heterocycles. The Bertz CT molecular complexity index is 2650. The molecule has 0 saturated heterocycles. The molecule has 7 aromatic rings. The minimum Gasteiger partial charge on any atom is -0.423 e. The maximum atomic E-state index is 11.7. The molecule has 312 valence electrons. The van der Waals surface area contributed by atoms with Gasteiger partial charge < -0.3 is 25.4 Å². The van der Waals surface area contributed by atoms with E-state index in [-0.39, 0.29) is 10.8 Å². The lowest BCUT2D eigenvalue weighted by molar-refractivity contribution is -0.129. The fourth-order valence-corrected chi connectivity index (χ4v) is 6.88. The fourth-order valence-electron chi connectivity index (χ4n) is 6.88. The summed E-state index contributed by atoms with van der Waals surface area (Å²) in [5.74, 6) is 0.857. The molecule has 7 rings (SSSR count). The lowest BCUT2D eigenvalue weighted by atomic mass is 9.78. The van der Waals surface area contributed by atoms with Gasteiger partial charge in [-0.25, -0.2) is 9.59 Å². The first-order chi connectivity index (χ1) is 30.3. The summed E-state index contributed by atoms with van der Waals surface area (Å²) < 4.78 is 10.5. The summed E-state index contributed by atoms with van der Waals surface area (Å²) in [6.45, 7) is 15.4. The number of nitrogens with zero attached hydrogens (tertiary/aromatic N) is 4. The Kier molecular flexibility index (Phi) is 12.6. The molecule has 0 aliphatic rings. The number of rotatable bonds is 15. The number of esters is 2. The van der Waals surface area contributed by atoms with Crippen LogP contribution in [0.15, 0.2) is 171 Å². The van der Waals surface area contributed by atoms with Crippen molar-refractivity contribution in [3.63, 3.8) is 0 Å². The number of anilines is 6. The van der Waals surface area contributed by atoms with Gasteiger partial charge in [-0.2, -0.15) is 20.2 Å². The van der Waals surface area contributed by atoms with Crippen molar-refractivity contribution in [1.29, 1.82) is 5.26 Å². The Morgan fingerprint density at radius 2 is 0.778 bits per heavy atom. The average molecular weight is 832 g/mol. The van der Waals surface area contributed by atoms with Crippen molar-refractivity contribution in [2.24, 2.45) is 0 Å². The highest BCUT2D eigenvalue weighted by Crippen LogP contribution is 2.35. The minimum absolute atomic E-state index is 0.320. The first-order valence-electron chi connectivity index (χ1n) is 20.1. The summed E-state index contributed by atoms with van der Waals surface area (Å²) in [6, 6.07) is 48.5. The van der Waals surface area contributed by atoms with Crippen LogP contribution in [-0.4, -0.2) is 26.9 Å². The number of nitriles is 1. The Balaban J connectivity index is 1.12. The summed E-state index contributed by atoms with van der Waals surface area (Å²) in [5, 5.41) is 19.2. The Morgan fingerprint density at radius 1 is 0.492 bits per heavy atom. The highest BCUT2D eigenvalue weighted by molar-refractivity contribution is 5.83. The molecule has 6 aromatic carbocycles. The van der Waals surface area contributed by atoms with Crippen LogP contribution < -0.4 is 25.4 Å². The van der Waals surface area contributed by atoms with E-state index in [2.05, 4.69) is 87.1 Å². The van der Waals surface area contributed by atoms with Gasteiger partial charge in [-0.3, -0.25) is 0 Å². The van der Waals surface area contributed by atoms with E-state index in [1.54, 1.807) is 36.4 Å². The van der Waals surface area contributed by atoms with Crippen molar-refractivity contribution < 1.29 is 19.1 Å². The molecule has 1 aromatic heterocycles. The van der Waals surface area contributed by atoms with E-state index in [0.717, 1.165) is 62.6 Å². The van der Waals surface area contributed by atoms with Crippen molar-refractivity contribution in [2.75, 3.05) is 16.0 Å². The lowest BCUT2D eigenvalue weighted by Crippen LogP contribution is -2.19. The van der Waals surface area contributed by atoms with Gasteiger partial charge in [0.05, 0.1) is 11.6 Å². The second-order valence-electron chi connectivity index (χ2n) is 15.7. The van der Waals surface area contributed by atoms with Crippen molar-refractivity contribution >= 4 is 46.8 Å². The van der Waals surface area contributed by atoms with Gasteiger partial charge in [0, 0.05) is 40.0 Å². The van der Waals surface area contributed by atoms with Crippen LogP contribution in [0.3, 0.4) is 0 Å². The van der Waals surface area contributed by atoms with Crippen LogP contribution in [0.1, 0.15) is 55.5 Å². The Labute approximate surface area is 366 Å². The van der Waals surface area contributed by atoms with Crippen LogP contribution in [0.5, 0.6) is 11.5 Å². The predicted octanol–water partition coefficient (Wildman–Crippen LogP) is 11.5. The maximum absolute atomic E-state index is 11.7. The van der Waals surface area contributed by atoms with Crippen LogP contribution in [0, 0.1) is 11.3 Å². The molecule has 63 heavy (non-hydrogen) atoms. The topological polar surface area (TPSA) is 151 Å². The normalized spacial score (nSPS) is 11.1. The molecule has 0 amide bonds. The highest BCUT2D eigenvalue weighted by atomic mass is 16.5. The number of aromatic nitrogens is 3. The van der Waals surface area contributed by atoms with Gasteiger partial charge >= 0.3 is 11.9 Å². The Hall–Kier alpha value is -8.36. The van der Waals surface area contributed by atoms with E-state index >= 15 is 0 Å². The number of nitrogens with one attached hydrogen (secondary N) is 3. The van der Waals surface area contributed by atoms with Gasteiger partial charge in [0.15, 0.2) is 0 Å². The first kappa shape index (κ1) is 42.8. The second-order valence-corrected chi connectivity index (χ2v) is 15.7. The molecule has 0 radical (unpaired) electrons. The summed E-state index contributed by atoms with van der Waals surface area (Å²) in [5.41, 5.74) is 8.46. The van der Waals surface area contributed by atoms with E-state index in [1.165, 1.54) is 0 Å². The van der Waals surface area contributed by atoms with Crippen LogP contribution in [0.25, 0.3) is 11.1 Å². The molecule has 0 bridgehead atoms. The zero-order valence-electron chi connectivity index (χ0n) is 35.3. The van der Waals surface area contributed by atoms with Gasteiger partial charge in [-0.05, 0) is 106 Å². The van der Waals surface area contributed by atoms with E-state index < -0.39 is 11.9 Å². The van der Waals surface area contributed by atoms with Gasteiger partial charge in [0.1, 0.15) is 11.5 Å². The zero-order chi connectivity index (χ0) is 44.6. The smallest absolute Gasteiger partial charge is 0.335 e. The van der Waals surface area contributed by atoms with E-state index in [9.17, 15) is 14.9 Å². The molecule has 0 aliphatic heterocycles. The van der Waals surface area contributed by atoms with Crippen molar-refractivity contribution in [2.45, 2.75) is 38.5 Å². The van der Waals surface area contributed by atoms with Crippen LogP contribution >= 0.6 is 0 Å². The number of hydrogen-bond donors (Lipinski definition) is 3. The molecule has 0 aliphatic carbocycles. The molecule has 0 atom stereocenters. The molecular formula is C52H45N7O4. The summed E-state index contributed by atoms with van der Waals surface area (Å²) >= 11 is 0. The van der Waals surface area contributed by atoms with Crippen LogP contribution in [-0.2, 0) is 20.4 Å². The summed E-state index contributed by atoms with van der Waals surface area (Å²) in [4.78, 5) is 37.5. The molecular weight excluding hydrogens is 787 g/mol. The monoisotopic (exact) mass is 831 g/mol. The molecule has 0 spiro atoms. The third-order valence-electron chi connectivity index (χ3n) is 10.8. The predicted molar refractivity (Wildman–Crippen MR) is 248 cm³/mol. The highest BCUT2D eigenvalue weighted by Gasteiger charge is 2.25. The number of benzene rings is 6. The number of hydrogen-bond acceptors (Lipinski definition) is 11. The van der Waals surface area contributed by atoms with Gasteiger partial charge in [0.25, 0.3) is 0 Å². The molecule has 3 N–H and O–H groups in total. The number of carbonyl (C=O) groups excluding carboxylic acids is 2. The quantitative estimate of drug-likeness (QED) is 0.0514. The third kappa shape index (κ3) is 10.3. The molecule has 11 heteroatoms. The van der Waals surface area contributed by atoms with Crippen molar-refractivity contribution in [3.8, 4) is 28.7 Å². The molecule has 0 fully saturated rings. The van der Waals surface area contributed by atoms with Crippen molar-refractivity contribution in [3.05, 3.63) is 199 Å². The first-order valence-corrected chi connectivity index (χ1v) is 20.1. The molecule has 0 saturated carbocycles. The van der Waals surface area contributed by atoms with Gasteiger partial charge in [-0.1, -0.05) is 114 Å². The van der Waals surface area contributed by atoms with Crippen LogP contribution in [0.2, 0.25) is 0 Å². The molecule has 11 nitrogen and oxygen atoms in total. The standard InChI is InChI=1S/C52H45N7O4/c1-7-46(60)62-44-29-19-39(20-30-44)51(3,4)37-15-25-42(26-16-37)55-49-57-48(54-41-23-13-36(14-24-41)35-11-9-34(33-53)10-12-35)58-50(59-49)56-43-27-17-38(18-28-43)52(5,6)40-21-31-45(32-22-40)63-47(61)8-2/h7-32H,1-2H2,3-6H3,(H3,54,55,56,57,58,59). The summed E-state index contributed by atoms with van der Waals surface area (Å²) in [6.07, 6.45) is 2.27. The fraction of sp³-hybridized carbons (Fsp3) is 0.115. The zero-order valence-corrected chi connectivity index (χ0v) is 35.3. The van der Waals surface area contributed by atoms with Crippen molar-refractivity contribution in [1.82, 2.24) is 15.0 Å². The van der Waals surface area contributed by atoms with Gasteiger partial charge in [0.2, 0.25) is 17.8 Å². The van der Waals surface area contributed by atoms with Gasteiger partial charge in [-0.15, -0.1) is 0 Å². The second kappa shape index (κ2) is 18.5. The lowest BCUT2D eigenvalue weighted by Gasteiger charge is -2.26. The third-order valence-corrected chi connectivity index (χ3v) is 10.8. The van der Waals surface area contributed by atoms with E-state index in [0.29, 0.717) is 34.9 Å². The Morgan fingerprint density at radius 3 is 1.08 bits per heavy atom. The van der Waals surface area contributed by atoms with E-state index in [1.807, 2.05) is 84.9 Å². The number of ether oxygens (including phenoxy) is 2. The van der Waals surface area contributed by atoms with Crippen LogP contribution in [0.4, 0.5) is 34.9 Å². The largest absolute Gasteiger partial charge is 0.423 e. The molecule has 0 unspecified atom stereocenters. The maximum Gasteiger partial charge on any atom is 0.335 e. The summed E-state index contributed by atoms with van der Waals surface area (Å²) in [7, 11) is 0.